The lowest BCUT2D eigenvalue weighted by Crippen LogP contribution is -2.48. The van der Waals surface area contributed by atoms with E-state index in [2.05, 4.69) is 0 Å². The Kier molecular flexibility index (Phi) is 4.71. The van der Waals surface area contributed by atoms with Crippen LogP contribution < -0.4 is 10.6 Å². The number of carbonyl (C=O) groups excluding carboxylic acids is 2. The summed E-state index contributed by atoms with van der Waals surface area (Å²) >= 11 is 0. The Bertz CT molecular complexity index is 418. The van der Waals surface area contributed by atoms with Gasteiger partial charge in [0.25, 0.3) is 0 Å². The molecular formula is C13H19N3O2. The maximum atomic E-state index is 12.2. The van der Waals surface area contributed by atoms with Gasteiger partial charge in [0.2, 0.25) is 0 Å². The Morgan fingerprint density at radius 2 is 1.78 bits per heavy atom. The molecule has 18 heavy (non-hydrogen) atoms. The zero-order chi connectivity index (χ0) is 13.7. The number of para-hydroxylation sites is 1. The number of benzene rings is 1. The van der Waals surface area contributed by atoms with Gasteiger partial charge in [0.15, 0.2) is 0 Å². The van der Waals surface area contributed by atoms with E-state index in [1.165, 1.54) is 4.90 Å². The highest BCUT2D eigenvalue weighted by atomic mass is 16.2. The molecule has 0 aliphatic heterocycles. The molecule has 0 aromatic heterocycles. The molecule has 0 saturated carbocycles. The van der Waals surface area contributed by atoms with Gasteiger partial charge in [-0.1, -0.05) is 32.0 Å². The van der Waals surface area contributed by atoms with Gasteiger partial charge in [0, 0.05) is 19.3 Å². The van der Waals surface area contributed by atoms with Crippen LogP contribution in [0.5, 0.6) is 0 Å². The van der Waals surface area contributed by atoms with Crippen LogP contribution in [0.25, 0.3) is 0 Å². The molecular weight excluding hydrogens is 230 g/mol. The first kappa shape index (κ1) is 14.0. The number of nitrogens with two attached hydrogens (primary N) is 1. The second-order valence-corrected chi connectivity index (χ2v) is 4.52. The summed E-state index contributed by atoms with van der Waals surface area (Å²) in [4.78, 5) is 25.9. The van der Waals surface area contributed by atoms with Crippen LogP contribution in [0, 0.1) is 5.92 Å². The second kappa shape index (κ2) is 6.05. The van der Waals surface area contributed by atoms with E-state index >= 15 is 0 Å². The van der Waals surface area contributed by atoms with E-state index in [0.717, 1.165) is 10.6 Å². The molecule has 0 atom stereocenters. The van der Waals surface area contributed by atoms with Crippen molar-refractivity contribution in [1.29, 1.82) is 0 Å². The van der Waals surface area contributed by atoms with E-state index in [4.69, 9.17) is 5.73 Å². The summed E-state index contributed by atoms with van der Waals surface area (Å²) in [6.45, 7) is 4.16. The minimum absolute atomic E-state index is 0.172. The Balaban J connectivity index is 2.87. The summed E-state index contributed by atoms with van der Waals surface area (Å²) in [6.07, 6.45) is 0. The zero-order valence-corrected chi connectivity index (χ0v) is 11.0. The van der Waals surface area contributed by atoms with Gasteiger partial charge in [-0.05, 0) is 18.1 Å². The van der Waals surface area contributed by atoms with Crippen LogP contribution in [-0.4, -0.2) is 30.6 Å². The molecule has 0 spiro atoms. The smallest absolute Gasteiger partial charge is 0.332 e. The Morgan fingerprint density at radius 3 is 2.22 bits per heavy atom. The number of anilines is 1. The van der Waals surface area contributed by atoms with Gasteiger partial charge in [0.1, 0.15) is 0 Å². The first-order valence-electron chi connectivity index (χ1n) is 5.83. The van der Waals surface area contributed by atoms with Crippen LogP contribution in [0.3, 0.4) is 0 Å². The fourth-order valence-corrected chi connectivity index (χ4v) is 1.57. The van der Waals surface area contributed by atoms with Gasteiger partial charge < -0.3 is 5.73 Å². The normalized spacial score (nSPS) is 10.2. The number of rotatable bonds is 3. The van der Waals surface area contributed by atoms with E-state index in [1.807, 2.05) is 32.0 Å². The van der Waals surface area contributed by atoms with Crippen molar-refractivity contribution in [2.24, 2.45) is 11.7 Å². The van der Waals surface area contributed by atoms with Crippen molar-refractivity contribution in [3.8, 4) is 0 Å². The minimum atomic E-state index is -0.725. The van der Waals surface area contributed by atoms with E-state index in [9.17, 15) is 9.59 Å². The number of hydrogen-bond donors (Lipinski definition) is 1. The third kappa shape index (κ3) is 3.48. The summed E-state index contributed by atoms with van der Waals surface area (Å²) in [5.41, 5.74) is 5.96. The Hall–Kier alpha value is -2.04. The summed E-state index contributed by atoms with van der Waals surface area (Å²) in [7, 11) is 1.62. The number of carbonyl (C=O) groups is 2. The van der Waals surface area contributed by atoms with Crippen molar-refractivity contribution in [3.05, 3.63) is 30.3 Å². The highest BCUT2D eigenvalue weighted by Crippen LogP contribution is 2.14. The van der Waals surface area contributed by atoms with Crippen molar-refractivity contribution in [2.45, 2.75) is 13.8 Å². The molecule has 0 aliphatic rings. The molecule has 2 N–H and O–H groups in total. The molecule has 1 rings (SSSR count). The zero-order valence-electron chi connectivity index (χ0n) is 11.0. The number of urea groups is 2. The van der Waals surface area contributed by atoms with Gasteiger partial charge in [-0.25, -0.2) is 14.5 Å². The third-order valence-corrected chi connectivity index (χ3v) is 2.48. The minimum Gasteiger partial charge on any atom is -0.351 e. The molecule has 1 aromatic rings. The van der Waals surface area contributed by atoms with Crippen molar-refractivity contribution in [3.63, 3.8) is 0 Å². The predicted octanol–water partition coefficient (Wildman–Crippen LogP) is 2.28. The van der Waals surface area contributed by atoms with Crippen molar-refractivity contribution in [2.75, 3.05) is 18.5 Å². The van der Waals surface area contributed by atoms with Crippen LogP contribution >= 0.6 is 0 Å². The number of hydrogen-bond acceptors (Lipinski definition) is 2. The van der Waals surface area contributed by atoms with Crippen molar-refractivity contribution in [1.82, 2.24) is 4.90 Å². The van der Waals surface area contributed by atoms with Crippen LogP contribution in [0.2, 0.25) is 0 Å². The Labute approximate surface area is 107 Å². The summed E-state index contributed by atoms with van der Waals surface area (Å²) < 4.78 is 0. The molecule has 1 aromatic carbocycles. The Morgan fingerprint density at radius 1 is 1.22 bits per heavy atom. The molecule has 0 heterocycles. The monoisotopic (exact) mass is 249 g/mol. The van der Waals surface area contributed by atoms with E-state index in [1.54, 1.807) is 19.2 Å². The van der Waals surface area contributed by atoms with Crippen LogP contribution in [0.4, 0.5) is 15.3 Å². The number of nitrogens with zero attached hydrogens (tertiary/aromatic N) is 2. The van der Waals surface area contributed by atoms with E-state index in [-0.39, 0.29) is 5.92 Å². The molecule has 5 nitrogen and oxygen atoms in total. The van der Waals surface area contributed by atoms with Crippen molar-refractivity contribution < 1.29 is 9.59 Å². The summed E-state index contributed by atoms with van der Waals surface area (Å²) in [5, 5.41) is 0. The molecule has 0 saturated heterocycles. The quantitative estimate of drug-likeness (QED) is 0.893. The third-order valence-electron chi connectivity index (χ3n) is 2.48. The lowest BCUT2D eigenvalue weighted by atomic mass is 10.2. The maximum Gasteiger partial charge on any atom is 0.332 e. The first-order valence-corrected chi connectivity index (χ1v) is 5.83. The fraction of sp³-hybridized carbons (Fsp3) is 0.385. The standard InChI is InChI=1S/C13H19N3O2/c1-10(2)9-16(12(14)17)13(18)15(3)11-7-5-4-6-8-11/h4-8,10H,9H2,1-3H3,(H2,14,17). The average Bonchev–Trinajstić information content (AvgIpc) is 2.34. The van der Waals surface area contributed by atoms with Crippen LogP contribution in [-0.2, 0) is 0 Å². The van der Waals surface area contributed by atoms with Gasteiger partial charge in [-0.15, -0.1) is 0 Å². The van der Waals surface area contributed by atoms with Gasteiger partial charge in [-0.2, -0.15) is 0 Å². The molecule has 0 bridgehead atoms. The molecule has 0 radical (unpaired) electrons. The molecule has 0 unspecified atom stereocenters. The molecule has 0 fully saturated rings. The maximum absolute atomic E-state index is 12.2. The van der Waals surface area contributed by atoms with Gasteiger partial charge in [0.05, 0.1) is 0 Å². The molecule has 0 aliphatic carbocycles. The highest BCUT2D eigenvalue weighted by molar-refractivity contribution is 6.01. The SMILES string of the molecule is CC(C)CN(C(N)=O)C(=O)N(C)c1ccccc1. The van der Waals surface area contributed by atoms with Crippen molar-refractivity contribution >= 4 is 17.7 Å². The number of primary amides is 1. The summed E-state index contributed by atoms with van der Waals surface area (Å²) in [5.74, 6) is 0.172. The first-order chi connectivity index (χ1) is 8.43. The molecule has 4 amide bonds. The lowest BCUT2D eigenvalue weighted by Gasteiger charge is -2.26. The average molecular weight is 249 g/mol. The second-order valence-electron chi connectivity index (χ2n) is 4.52. The number of imide groups is 1. The molecule has 5 heteroatoms. The van der Waals surface area contributed by atoms with Crippen LogP contribution in [0.15, 0.2) is 30.3 Å². The highest BCUT2D eigenvalue weighted by Gasteiger charge is 2.23. The largest absolute Gasteiger partial charge is 0.351 e. The lowest BCUT2D eigenvalue weighted by molar-refractivity contribution is 0.191. The molecule has 98 valence electrons. The predicted molar refractivity (Wildman–Crippen MR) is 71.4 cm³/mol. The van der Waals surface area contributed by atoms with Crippen LogP contribution in [0.1, 0.15) is 13.8 Å². The van der Waals surface area contributed by atoms with Gasteiger partial charge >= 0.3 is 12.1 Å². The fourth-order valence-electron chi connectivity index (χ4n) is 1.57. The topological polar surface area (TPSA) is 66.6 Å². The van der Waals surface area contributed by atoms with Gasteiger partial charge in [-0.3, -0.25) is 4.90 Å². The number of amides is 4. The van der Waals surface area contributed by atoms with E-state index < -0.39 is 12.1 Å². The summed E-state index contributed by atoms with van der Waals surface area (Å²) in [6, 6.07) is 7.98. The van der Waals surface area contributed by atoms with E-state index in [0.29, 0.717) is 6.54 Å².